The van der Waals surface area contributed by atoms with Crippen LogP contribution in [0.1, 0.15) is 12.5 Å². The molecule has 1 aromatic rings. The lowest BCUT2D eigenvalue weighted by Crippen LogP contribution is -2.53. The van der Waals surface area contributed by atoms with Crippen LogP contribution in [0.25, 0.3) is 0 Å². The third-order valence-corrected chi connectivity index (χ3v) is 5.27. The number of anilines is 1. The standard InChI is InChI=1S/C19H30N4O/c1-3-20-7-13-23(14-8-20)19(24)16-21-9-11-22(12-10-21)18-6-4-5-17(2)15-18/h4-6,15H,3,7-14,16H2,1-2H3. The van der Waals surface area contributed by atoms with Crippen molar-refractivity contribution < 1.29 is 4.79 Å². The number of aryl methyl sites for hydroxylation is 1. The Morgan fingerprint density at radius 2 is 1.62 bits per heavy atom. The van der Waals surface area contributed by atoms with E-state index in [0.717, 1.165) is 58.9 Å². The van der Waals surface area contributed by atoms with Gasteiger partial charge in [-0.15, -0.1) is 0 Å². The molecule has 5 nitrogen and oxygen atoms in total. The van der Waals surface area contributed by atoms with E-state index in [1.165, 1.54) is 11.3 Å². The number of rotatable bonds is 4. The summed E-state index contributed by atoms with van der Waals surface area (Å²) in [5.74, 6) is 0.301. The minimum atomic E-state index is 0.301. The fourth-order valence-corrected chi connectivity index (χ4v) is 3.59. The van der Waals surface area contributed by atoms with Crippen LogP contribution in [0, 0.1) is 6.92 Å². The first-order chi connectivity index (χ1) is 11.7. The number of carbonyl (C=O) groups excluding carboxylic acids is 1. The molecule has 0 aromatic heterocycles. The number of hydrogen-bond donors (Lipinski definition) is 0. The van der Waals surface area contributed by atoms with E-state index < -0.39 is 0 Å². The first-order valence-corrected chi connectivity index (χ1v) is 9.20. The van der Waals surface area contributed by atoms with Crippen molar-refractivity contribution in [2.75, 3.05) is 70.3 Å². The van der Waals surface area contributed by atoms with E-state index in [4.69, 9.17) is 0 Å². The zero-order valence-corrected chi connectivity index (χ0v) is 15.1. The number of nitrogens with zero attached hydrogens (tertiary/aromatic N) is 4. The zero-order chi connectivity index (χ0) is 16.9. The molecule has 2 saturated heterocycles. The Labute approximate surface area is 145 Å². The highest BCUT2D eigenvalue weighted by Gasteiger charge is 2.24. The lowest BCUT2D eigenvalue weighted by molar-refractivity contribution is -0.134. The molecule has 132 valence electrons. The molecule has 0 bridgehead atoms. The summed E-state index contributed by atoms with van der Waals surface area (Å²) in [5.41, 5.74) is 2.60. The molecule has 0 atom stereocenters. The van der Waals surface area contributed by atoms with Gasteiger partial charge in [-0.25, -0.2) is 0 Å². The van der Waals surface area contributed by atoms with E-state index in [0.29, 0.717) is 12.5 Å². The van der Waals surface area contributed by atoms with Gasteiger partial charge in [0.2, 0.25) is 5.91 Å². The van der Waals surface area contributed by atoms with Crippen molar-refractivity contribution in [3.63, 3.8) is 0 Å². The molecule has 1 amide bonds. The summed E-state index contributed by atoms with van der Waals surface area (Å²) in [7, 11) is 0. The summed E-state index contributed by atoms with van der Waals surface area (Å²) in [5, 5.41) is 0. The second-order valence-electron chi connectivity index (χ2n) is 6.92. The minimum absolute atomic E-state index is 0.301. The Morgan fingerprint density at radius 1 is 0.958 bits per heavy atom. The molecule has 2 fully saturated rings. The highest BCUT2D eigenvalue weighted by Crippen LogP contribution is 2.17. The molecule has 2 heterocycles. The Balaban J connectivity index is 1.44. The Hall–Kier alpha value is -1.59. The van der Waals surface area contributed by atoms with Crippen molar-refractivity contribution in [1.82, 2.24) is 14.7 Å². The lowest BCUT2D eigenvalue weighted by Gasteiger charge is -2.38. The van der Waals surface area contributed by atoms with Gasteiger partial charge in [-0.05, 0) is 31.2 Å². The zero-order valence-electron chi connectivity index (χ0n) is 15.1. The van der Waals surface area contributed by atoms with Gasteiger partial charge in [0.25, 0.3) is 0 Å². The molecule has 24 heavy (non-hydrogen) atoms. The van der Waals surface area contributed by atoms with Gasteiger partial charge in [-0.2, -0.15) is 0 Å². The molecule has 0 N–H and O–H groups in total. The van der Waals surface area contributed by atoms with Crippen LogP contribution < -0.4 is 4.90 Å². The van der Waals surface area contributed by atoms with Gasteiger partial charge in [0.1, 0.15) is 0 Å². The van der Waals surface area contributed by atoms with Gasteiger partial charge in [0.05, 0.1) is 6.54 Å². The van der Waals surface area contributed by atoms with Crippen LogP contribution in [0.15, 0.2) is 24.3 Å². The maximum atomic E-state index is 12.5. The van der Waals surface area contributed by atoms with E-state index in [-0.39, 0.29) is 0 Å². The average Bonchev–Trinajstić information content (AvgIpc) is 2.62. The molecule has 2 aliphatic heterocycles. The summed E-state index contributed by atoms with van der Waals surface area (Å²) >= 11 is 0. The largest absolute Gasteiger partial charge is 0.369 e. The van der Waals surface area contributed by atoms with Gasteiger partial charge in [0, 0.05) is 58.0 Å². The van der Waals surface area contributed by atoms with E-state index in [1.54, 1.807) is 0 Å². The molecule has 1 aromatic carbocycles. The second-order valence-corrected chi connectivity index (χ2v) is 6.92. The SMILES string of the molecule is CCN1CCN(C(=O)CN2CCN(c3cccc(C)c3)CC2)CC1. The molecule has 2 aliphatic rings. The maximum Gasteiger partial charge on any atom is 0.236 e. The number of likely N-dealkylation sites (N-methyl/N-ethyl adjacent to an activating group) is 1. The summed E-state index contributed by atoms with van der Waals surface area (Å²) in [6.45, 7) is 13.7. The van der Waals surface area contributed by atoms with E-state index in [1.807, 2.05) is 4.90 Å². The van der Waals surface area contributed by atoms with Gasteiger partial charge in [0.15, 0.2) is 0 Å². The maximum absolute atomic E-state index is 12.5. The Morgan fingerprint density at radius 3 is 2.25 bits per heavy atom. The second kappa shape index (κ2) is 7.99. The predicted molar refractivity (Wildman–Crippen MR) is 98.5 cm³/mol. The molecule has 0 aliphatic carbocycles. The molecule has 0 spiro atoms. The van der Waals surface area contributed by atoms with Crippen molar-refractivity contribution in [3.05, 3.63) is 29.8 Å². The van der Waals surface area contributed by atoms with E-state index in [2.05, 4.69) is 52.8 Å². The van der Waals surface area contributed by atoms with Crippen LogP contribution in [0.2, 0.25) is 0 Å². The van der Waals surface area contributed by atoms with Crippen molar-refractivity contribution in [2.45, 2.75) is 13.8 Å². The molecular weight excluding hydrogens is 300 g/mol. The summed E-state index contributed by atoms with van der Waals surface area (Å²) in [4.78, 5) is 21.7. The first kappa shape index (κ1) is 17.2. The summed E-state index contributed by atoms with van der Waals surface area (Å²) in [6, 6.07) is 8.68. The third-order valence-electron chi connectivity index (χ3n) is 5.27. The molecular formula is C19H30N4O. The smallest absolute Gasteiger partial charge is 0.236 e. The van der Waals surface area contributed by atoms with Crippen molar-refractivity contribution in [2.24, 2.45) is 0 Å². The summed E-state index contributed by atoms with van der Waals surface area (Å²) in [6.07, 6.45) is 0. The highest BCUT2D eigenvalue weighted by atomic mass is 16.2. The van der Waals surface area contributed by atoms with Crippen LogP contribution in [0.4, 0.5) is 5.69 Å². The summed E-state index contributed by atoms with van der Waals surface area (Å²) < 4.78 is 0. The lowest BCUT2D eigenvalue weighted by atomic mass is 10.2. The average molecular weight is 330 g/mol. The predicted octanol–water partition coefficient (Wildman–Crippen LogP) is 1.28. The van der Waals surface area contributed by atoms with Gasteiger partial charge in [-0.3, -0.25) is 9.69 Å². The topological polar surface area (TPSA) is 30.0 Å². The van der Waals surface area contributed by atoms with Gasteiger partial charge in [-0.1, -0.05) is 19.1 Å². The fourth-order valence-electron chi connectivity index (χ4n) is 3.59. The number of hydrogen-bond acceptors (Lipinski definition) is 4. The Kier molecular flexibility index (Phi) is 5.74. The molecule has 0 saturated carbocycles. The van der Waals surface area contributed by atoms with E-state index >= 15 is 0 Å². The molecule has 5 heteroatoms. The van der Waals surface area contributed by atoms with Crippen LogP contribution in [0.5, 0.6) is 0 Å². The number of amides is 1. The number of carbonyl (C=O) groups is 1. The molecule has 0 unspecified atom stereocenters. The normalized spacial score (nSPS) is 20.4. The number of piperazine rings is 2. The minimum Gasteiger partial charge on any atom is -0.369 e. The fraction of sp³-hybridized carbons (Fsp3) is 0.632. The van der Waals surface area contributed by atoms with Gasteiger partial charge >= 0.3 is 0 Å². The molecule has 3 rings (SSSR count). The van der Waals surface area contributed by atoms with Crippen LogP contribution in [-0.2, 0) is 4.79 Å². The Bertz CT molecular complexity index is 546. The van der Waals surface area contributed by atoms with Crippen molar-refractivity contribution in [3.8, 4) is 0 Å². The first-order valence-electron chi connectivity index (χ1n) is 9.20. The van der Waals surface area contributed by atoms with Gasteiger partial charge < -0.3 is 14.7 Å². The van der Waals surface area contributed by atoms with Crippen molar-refractivity contribution >= 4 is 11.6 Å². The number of benzene rings is 1. The van der Waals surface area contributed by atoms with Crippen LogP contribution in [0.3, 0.4) is 0 Å². The van der Waals surface area contributed by atoms with E-state index in [9.17, 15) is 4.79 Å². The van der Waals surface area contributed by atoms with Crippen LogP contribution >= 0.6 is 0 Å². The third kappa shape index (κ3) is 4.28. The quantitative estimate of drug-likeness (QED) is 0.832. The monoisotopic (exact) mass is 330 g/mol. The molecule has 0 radical (unpaired) electrons. The van der Waals surface area contributed by atoms with Crippen LogP contribution in [-0.4, -0.2) is 86.1 Å². The van der Waals surface area contributed by atoms with Crippen molar-refractivity contribution in [1.29, 1.82) is 0 Å². The highest BCUT2D eigenvalue weighted by molar-refractivity contribution is 5.78.